The number of carbonyl (C=O) groups is 1. The van der Waals surface area contributed by atoms with Crippen LogP contribution in [0.2, 0.25) is 0 Å². The summed E-state index contributed by atoms with van der Waals surface area (Å²) in [4.78, 5) is 13.1. The van der Waals surface area contributed by atoms with Gasteiger partial charge in [-0.2, -0.15) is 0 Å². The standard InChI is InChI=1S/C23H28O6/c1-23(2)12-11-17-19(29-23)13-20(27-4)21(22(17)25)18(24)10-7-15-5-8-16(9-6-15)28-14-26-3/h5-10,13,17,19,24H,11-12,14H2,1-4H3/b10-7+,21-18?. The topological polar surface area (TPSA) is 74.2 Å². The number of hydrogen-bond donors (Lipinski definition) is 1. The molecule has 1 aromatic rings. The summed E-state index contributed by atoms with van der Waals surface area (Å²) in [6.45, 7) is 4.22. The number of methoxy groups -OCH3 is 2. The summed E-state index contributed by atoms with van der Waals surface area (Å²) in [5.74, 6) is 0.468. The SMILES string of the molecule is COCOc1ccc(/C=C/C(O)=C2C(=O)C3CCC(C)(C)OC3C=C2OC)cc1. The van der Waals surface area contributed by atoms with Gasteiger partial charge >= 0.3 is 0 Å². The Morgan fingerprint density at radius 3 is 2.66 bits per heavy atom. The molecule has 29 heavy (non-hydrogen) atoms. The number of rotatable bonds is 6. The molecule has 1 aliphatic heterocycles. The Balaban J connectivity index is 1.82. The predicted octanol–water partition coefficient (Wildman–Crippen LogP) is 4.18. The van der Waals surface area contributed by atoms with Gasteiger partial charge in [-0.15, -0.1) is 0 Å². The predicted molar refractivity (Wildman–Crippen MR) is 109 cm³/mol. The Labute approximate surface area is 171 Å². The molecule has 0 amide bonds. The summed E-state index contributed by atoms with van der Waals surface area (Å²) in [6.07, 6.45) is 6.22. The van der Waals surface area contributed by atoms with E-state index in [0.29, 0.717) is 17.9 Å². The zero-order valence-electron chi connectivity index (χ0n) is 17.3. The van der Waals surface area contributed by atoms with Crippen molar-refractivity contribution >= 4 is 11.9 Å². The lowest BCUT2D eigenvalue weighted by Crippen LogP contribution is -2.45. The zero-order valence-corrected chi connectivity index (χ0v) is 17.3. The van der Waals surface area contributed by atoms with Gasteiger partial charge in [-0.1, -0.05) is 18.2 Å². The highest BCUT2D eigenvalue weighted by molar-refractivity contribution is 6.03. The van der Waals surface area contributed by atoms with Gasteiger partial charge in [-0.05, 0) is 56.5 Å². The molecule has 156 valence electrons. The quantitative estimate of drug-likeness (QED) is 0.439. The molecule has 1 N–H and O–H groups in total. The zero-order chi connectivity index (χ0) is 21.0. The molecule has 1 aliphatic carbocycles. The van der Waals surface area contributed by atoms with Gasteiger partial charge in [0.1, 0.15) is 22.8 Å². The third kappa shape index (κ3) is 4.89. The summed E-state index contributed by atoms with van der Waals surface area (Å²) in [7, 11) is 3.05. The van der Waals surface area contributed by atoms with Crippen molar-refractivity contribution in [1.29, 1.82) is 0 Å². The van der Waals surface area contributed by atoms with Crippen LogP contribution in [0.1, 0.15) is 32.3 Å². The van der Waals surface area contributed by atoms with Crippen LogP contribution in [0.15, 0.2) is 53.5 Å². The third-order valence-corrected chi connectivity index (χ3v) is 5.19. The highest BCUT2D eigenvalue weighted by Gasteiger charge is 2.44. The van der Waals surface area contributed by atoms with Crippen molar-refractivity contribution < 1.29 is 28.8 Å². The fourth-order valence-electron chi connectivity index (χ4n) is 3.63. The first kappa shape index (κ1) is 21.1. The van der Waals surface area contributed by atoms with Gasteiger partial charge in [0.2, 0.25) is 0 Å². The smallest absolute Gasteiger partial charge is 0.188 e. The number of allylic oxidation sites excluding steroid dienone is 2. The molecule has 0 aromatic heterocycles. The molecule has 1 heterocycles. The van der Waals surface area contributed by atoms with Crippen molar-refractivity contribution in [3.05, 3.63) is 59.1 Å². The lowest BCUT2D eigenvalue weighted by atomic mass is 9.77. The second-order valence-corrected chi connectivity index (χ2v) is 7.80. The first-order valence-electron chi connectivity index (χ1n) is 9.66. The molecule has 2 atom stereocenters. The molecule has 2 aliphatic rings. The minimum absolute atomic E-state index is 0.119. The fourth-order valence-corrected chi connectivity index (χ4v) is 3.63. The van der Waals surface area contributed by atoms with Crippen LogP contribution in [0.5, 0.6) is 5.75 Å². The van der Waals surface area contributed by atoms with Crippen molar-refractivity contribution in [2.45, 2.75) is 38.4 Å². The molecule has 0 saturated carbocycles. The molecule has 6 nitrogen and oxygen atoms in total. The second kappa shape index (κ2) is 8.84. The van der Waals surface area contributed by atoms with Gasteiger partial charge in [-0.3, -0.25) is 4.79 Å². The summed E-state index contributed by atoms with van der Waals surface area (Å²) in [6, 6.07) is 7.31. The van der Waals surface area contributed by atoms with Crippen molar-refractivity contribution in [3.63, 3.8) is 0 Å². The van der Waals surface area contributed by atoms with E-state index in [4.69, 9.17) is 18.9 Å². The molecule has 2 unspecified atom stereocenters. The average Bonchev–Trinajstić information content (AvgIpc) is 2.70. The maximum atomic E-state index is 13.1. The van der Waals surface area contributed by atoms with Gasteiger partial charge in [-0.25, -0.2) is 0 Å². The van der Waals surface area contributed by atoms with Crippen LogP contribution in [0.3, 0.4) is 0 Å². The lowest BCUT2D eigenvalue weighted by molar-refractivity contribution is -0.143. The molecule has 0 radical (unpaired) electrons. The van der Waals surface area contributed by atoms with E-state index in [-0.39, 0.29) is 41.5 Å². The van der Waals surface area contributed by atoms with Crippen LogP contribution in [0.4, 0.5) is 0 Å². The lowest BCUT2D eigenvalue weighted by Gasteiger charge is -2.41. The van der Waals surface area contributed by atoms with E-state index in [1.54, 1.807) is 31.4 Å². The summed E-state index contributed by atoms with van der Waals surface area (Å²) < 4.78 is 21.7. The summed E-state index contributed by atoms with van der Waals surface area (Å²) in [5.41, 5.74) is 0.779. The van der Waals surface area contributed by atoms with Crippen LogP contribution in [0.25, 0.3) is 6.08 Å². The molecule has 1 saturated heterocycles. The first-order valence-corrected chi connectivity index (χ1v) is 9.66. The maximum Gasteiger partial charge on any atom is 0.188 e. The second-order valence-electron chi connectivity index (χ2n) is 7.80. The van der Waals surface area contributed by atoms with Crippen LogP contribution in [0, 0.1) is 5.92 Å². The van der Waals surface area contributed by atoms with E-state index in [1.807, 2.05) is 26.0 Å². The molecule has 6 heteroatoms. The van der Waals surface area contributed by atoms with E-state index >= 15 is 0 Å². The van der Waals surface area contributed by atoms with Crippen molar-refractivity contribution in [2.24, 2.45) is 5.92 Å². The van der Waals surface area contributed by atoms with Gasteiger partial charge < -0.3 is 24.1 Å². The van der Waals surface area contributed by atoms with E-state index < -0.39 is 0 Å². The Morgan fingerprint density at radius 2 is 2.00 bits per heavy atom. The third-order valence-electron chi connectivity index (χ3n) is 5.19. The number of ether oxygens (including phenoxy) is 4. The van der Waals surface area contributed by atoms with E-state index in [9.17, 15) is 9.90 Å². The van der Waals surface area contributed by atoms with E-state index in [1.165, 1.54) is 13.2 Å². The molecule has 1 fully saturated rings. The number of ketones is 1. The first-order chi connectivity index (χ1) is 13.8. The van der Waals surface area contributed by atoms with Gasteiger partial charge in [0, 0.05) is 7.11 Å². The van der Waals surface area contributed by atoms with Crippen LogP contribution < -0.4 is 4.74 Å². The highest BCUT2D eigenvalue weighted by atomic mass is 16.7. The normalized spacial score (nSPS) is 25.4. The van der Waals surface area contributed by atoms with E-state index in [0.717, 1.165) is 12.0 Å². The molecule has 1 aromatic carbocycles. The monoisotopic (exact) mass is 400 g/mol. The Kier molecular flexibility index (Phi) is 6.45. The summed E-state index contributed by atoms with van der Waals surface area (Å²) in [5, 5.41) is 10.6. The molecule has 3 rings (SSSR count). The molecular formula is C23H28O6. The van der Waals surface area contributed by atoms with Crippen LogP contribution in [-0.4, -0.2) is 43.6 Å². The number of hydrogen-bond acceptors (Lipinski definition) is 6. The van der Waals surface area contributed by atoms with Crippen molar-refractivity contribution in [2.75, 3.05) is 21.0 Å². The Morgan fingerprint density at radius 1 is 1.28 bits per heavy atom. The molecular weight excluding hydrogens is 372 g/mol. The average molecular weight is 400 g/mol. The van der Waals surface area contributed by atoms with E-state index in [2.05, 4.69) is 0 Å². The number of Topliss-reactive ketones (excluding diaryl/α,β-unsaturated/α-hetero) is 1. The summed E-state index contributed by atoms with van der Waals surface area (Å²) >= 11 is 0. The largest absolute Gasteiger partial charge is 0.507 e. The Bertz CT molecular complexity index is 831. The number of aliphatic hydroxyl groups is 1. The fraction of sp³-hybridized carbons (Fsp3) is 0.435. The minimum Gasteiger partial charge on any atom is -0.507 e. The van der Waals surface area contributed by atoms with Crippen molar-refractivity contribution in [3.8, 4) is 5.75 Å². The number of fused-ring (bicyclic) bond motifs is 1. The van der Waals surface area contributed by atoms with Gasteiger partial charge in [0.15, 0.2) is 12.6 Å². The van der Waals surface area contributed by atoms with Crippen molar-refractivity contribution in [1.82, 2.24) is 0 Å². The molecule has 0 bridgehead atoms. The minimum atomic E-state index is -0.332. The van der Waals surface area contributed by atoms with Gasteiger partial charge in [0.25, 0.3) is 0 Å². The van der Waals surface area contributed by atoms with Crippen LogP contribution >= 0.6 is 0 Å². The number of carbonyl (C=O) groups excluding carboxylic acids is 1. The number of aliphatic hydroxyl groups excluding tert-OH is 1. The maximum absolute atomic E-state index is 13.1. The number of benzene rings is 1. The Hall–Kier alpha value is -2.57. The van der Waals surface area contributed by atoms with Gasteiger partial charge in [0.05, 0.1) is 24.7 Å². The molecule has 0 spiro atoms. The van der Waals surface area contributed by atoms with Crippen LogP contribution in [-0.2, 0) is 19.0 Å². The highest BCUT2D eigenvalue weighted by Crippen LogP contribution is 2.40.